The molecule has 32 heavy (non-hydrogen) atoms. The second-order valence-corrected chi connectivity index (χ2v) is 17.9. The number of aliphatic hydroxyl groups is 1. The second kappa shape index (κ2) is 7.51. The number of carbonyl (C=O) groups excluding carboxylic acids is 1. The van der Waals surface area contributed by atoms with Gasteiger partial charge in [-0.25, -0.2) is 0 Å². The van der Waals surface area contributed by atoms with Gasteiger partial charge in [0.1, 0.15) is 5.60 Å². The Labute approximate surface area is 196 Å². The number of allylic oxidation sites excluding steroid dienone is 6. The number of ketones is 1. The van der Waals surface area contributed by atoms with Crippen LogP contribution in [0.2, 0.25) is 18.1 Å². The van der Waals surface area contributed by atoms with Crippen LogP contribution in [0.5, 0.6) is 0 Å². The Kier molecular flexibility index (Phi) is 5.67. The predicted octanol–water partition coefficient (Wildman–Crippen LogP) is 6.46. The zero-order valence-corrected chi connectivity index (χ0v) is 22.5. The lowest BCUT2D eigenvalue weighted by Crippen LogP contribution is -2.59. The van der Waals surface area contributed by atoms with E-state index in [1.54, 1.807) is 0 Å². The lowest BCUT2D eigenvalue weighted by Gasteiger charge is -2.57. The normalized spacial score (nSPS) is 43.3. The number of hydrogen-bond acceptors (Lipinski definition) is 3. The molecule has 0 aromatic carbocycles. The first kappa shape index (κ1) is 24.2. The maximum absolute atomic E-state index is 13.7. The van der Waals surface area contributed by atoms with Gasteiger partial charge in [-0.05, 0) is 73.1 Å². The van der Waals surface area contributed by atoms with Crippen LogP contribution in [0.25, 0.3) is 0 Å². The van der Waals surface area contributed by atoms with Crippen LogP contribution in [-0.2, 0) is 9.22 Å². The monoisotopic (exact) mass is 456 g/mol. The number of rotatable bonds is 4. The summed E-state index contributed by atoms with van der Waals surface area (Å²) in [5.74, 6) is 1.34. The molecule has 4 heteroatoms. The van der Waals surface area contributed by atoms with E-state index in [-0.39, 0.29) is 34.2 Å². The van der Waals surface area contributed by atoms with E-state index in [9.17, 15) is 9.90 Å². The van der Waals surface area contributed by atoms with E-state index >= 15 is 0 Å². The van der Waals surface area contributed by atoms with Crippen molar-refractivity contribution in [3.63, 3.8) is 0 Å². The molecule has 0 spiro atoms. The first-order chi connectivity index (χ1) is 14.7. The molecule has 0 amide bonds. The van der Waals surface area contributed by atoms with E-state index in [1.807, 2.05) is 0 Å². The van der Waals surface area contributed by atoms with Crippen molar-refractivity contribution in [1.82, 2.24) is 0 Å². The van der Waals surface area contributed by atoms with Crippen molar-refractivity contribution < 1.29 is 14.3 Å². The fourth-order valence-electron chi connectivity index (χ4n) is 7.45. The van der Waals surface area contributed by atoms with Crippen molar-refractivity contribution in [2.24, 2.45) is 34.5 Å². The molecule has 2 saturated carbocycles. The summed E-state index contributed by atoms with van der Waals surface area (Å²) >= 11 is 0. The van der Waals surface area contributed by atoms with Gasteiger partial charge in [0.2, 0.25) is 0 Å². The maximum Gasteiger partial charge on any atom is 0.192 e. The smallest absolute Gasteiger partial charge is 0.192 e. The number of fused-ring (bicyclic) bond motifs is 5. The zero-order chi connectivity index (χ0) is 23.7. The summed E-state index contributed by atoms with van der Waals surface area (Å²) in [6, 6.07) is 0. The molecule has 7 atom stereocenters. The lowest BCUT2D eigenvalue weighted by molar-refractivity contribution is -0.168. The van der Waals surface area contributed by atoms with Gasteiger partial charge in [0.05, 0.1) is 6.61 Å². The summed E-state index contributed by atoms with van der Waals surface area (Å²) in [6.07, 6.45) is 15.4. The molecular formula is C28H44O3Si. The van der Waals surface area contributed by atoms with E-state index in [2.05, 4.69) is 85.0 Å². The van der Waals surface area contributed by atoms with Crippen molar-refractivity contribution in [1.29, 1.82) is 0 Å². The number of Topliss-reactive ketones (excluding diaryl/α,β-unsaturated/α-hetero) is 1. The summed E-state index contributed by atoms with van der Waals surface area (Å²) in [5.41, 5.74) is -0.140. The van der Waals surface area contributed by atoms with Crippen molar-refractivity contribution >= 4 is 14.1 Å². The van der Waals surface area contributed by atoms with E-state index in [0.717, 1.165) is 25.7 Å². The van der Waals surface area contributed by atoms with Crippen LogP contribution in [0.4, 0.5) is 0 Å². The molecule has 3 nitrogen and oxygen atoms in total. The average Bonchev–Trinajstić information content (AvgIpc) is 2.92. The Hall–Kier alpha value is -0.973. The second-order valence-electron chi connectivity index (χ2n) is 13.1. The highest BCUT2D eigenvalue weighted by atomic mass is 28.4. The molecule has 0 aromatic heterocycles. The van der Waals surface area contributed by atoms with Gasteiger partial charge in [0, 0.05) is 10.8 Å². The third kappa shape index (κ3) is 3.23. The highest BCUT2D eigenvalue weighted by molar-refractivity contribution is 6.74. The van der Waals surface area contributed by atoms with Crippen LogP contribution in [0.1, 0.15) is 67.2 Å². The summed E-state index contributed by atoms with van der Waals surface area (Å²) in [4.78, 5) is 13.7. The third-order valence-corrected chi connectivity index (χ3v) is 15.1. The lowest BCUT2D eigenvalue weighted by atomic mass is 9.48. The topological polar surface area (TPSA) is 46.5 Å². The molecule has 178 valence electrons. The third-order valence-electron chi connectivity index (χ3n) is 10.6. The van der Waals surface area contributed by atoms with E-state index < -0.39 is 13.9 Å². The van der Waals surface area contributed by atoms with Gasteiger partial charge in [-0.2, -0.15) is 0 Å². The van der Waals surface area contributed by atoms with E-state index in [1.165, 1.54) is 5.57 Å². The fraction of sp³-hybridized carbons (Fsp3) is 0.750. The molecule has 0 aliphatic heterocycles. The molecule has 4 rings (SSSR count). The van der Waals surface area contributed by atoms with Gasteiger partial charge in [-0.1, -0.05) is 71.9 Å². The standard InChI is InChI=1S/C28H44O3Si/c1-19-17-23-21-13-12-20-11-9-10-15-26(20,5)22(21)14-16-27(23,6)28(19,30)24(29)18-31-32(7,8)25(2,3)4/h9-12,15,19,21-23,30H,13-14,16-18H2,1-8H3/t19-,21-,22+,23+,26+,27+,28+/m1/s1. The van der Waals surface area contributed by atoms with Crippen LogP contribution in [0.3, 0.4) is 0 Å². The van der Waals surface area contributed by atoms with Gasteiger partial charge in [0.15, 0.2) is 14.1 Å². The molecule has 4 aliphatic rings. The van der Waals surface area contributed by atoms with Gasteiger partial charge in [-0.15, -0.1) is 0 Å². The molecule has 1 N–H and O–H groups in total. The maximum atomic E-state index is 13.7. The molecule has 0 aromatic rings. The molecular weight excluding hydrogens is 412 g/mol. The Balaban J connectivity index is 1.60. The Morgan fingerprint density at radius 1 is 1.22 bits per heavy atom. The Bertz CT molecular complexity index is 878. The first-order valence-electron chi connectivity index (χ1n) is 12.6. The minimum atomic E-state index is -2.05. The molecule has 0 saturated heterocycles. The molecule has 0 unspecified atom stereocenters. The van der Waals surface area contributed by atoms with Crippen LogP contribution in [-0.4, -0.2) is 31.4 Å². The molecule has 0 bridgehead atoms. The SMILES string of the molecule is C[C@@H]1C[C@H]2[C@@H]3CC=C4C=CC=C[C@]4(C)[C@H]3CC[C@]2(C)[C@@]1(O)C(=O)CO[Si](C)(C)C(C)(C)C. The number of hydrogen-bond donors (Lipinski definition) is 1. The van der Waals surface area contributed by atoms with Gasteiger partial charge < -0.3 is 9.53 Å². The number of carbonyl (C=O) groups is 1. The average molecular weight is 457 g/mol. The zero-order valence-electron chi connectivity index (χ0n) is 21.5. The van der Waals surface area contributed by atoms with Crippen LogP contribution < -0.4 is 0 Å². The minimum Gasteiger partial charge on any atom is -0.409 e. The molecule has 2 fully saturated rings. The van der Waals surface area contributed by atoms with Crippen molar-refractivity contribution in [3.8, 4) is 0 Å². The highest BCUT2D eigenvalue weighted by Crippen LogP contribution is 2.67. The van der Waals surface area contributed by atoms with Crippen LogP contribution in [0.15, 0.2) is 36.0 Å². The van der Waals surface area contributed by atoms with Crippen molar-refractivity contribution in [2.75, 3.05) is 6.61 Å². The Morgan fingerprint density at radius 2 is 1.91 bits per heavy atom. The summed E-state index contributed by atoms with van der Waals surface area (Å²) in [7, 11) is -2.05. The van der Waals surface area contributed by atoms with Crippen LogP contribution in [0, 0.1) is 34.5 Å². The quantitative estimate of drug-likeness (QED) is 0.494. The van der Waals surface area contributed by atoms with E-state index in [4.69, 9.17) is 4.43 Å². The molecule has 4 aliphatic carbocycles. The van der Waals surface area contributed by atoms with Gasteiger partial charge in [0.25, 0.3) is 0 Å². The van der Waals surface area contributed by atoms with Crippen molar-refractivity contribution in [3.05, 3.63) is 36.0 Å². The van der Waals surface area contributed by atoms with Crippen molar-refractivity contribution in [2.45, 2.75) is 91.0 Å². The highest BCUT2D eigenvalue weighted by Gasteiger charge is 2.68. The van der Waals surface area contributed by atoms with E-state index in [0.29, 0.717) is 17.8 Å². The fourth-order valence-corrected chi connectivity index (χ4v) is 8.37. The summed E-state index contributed by atoms with van der Waals surface area (Å²) in [5, 5.41) is 12.2. The first-order valence-corrected chi connectivity index (χ1v) is 15.6. The van der Waals surface area contributed by atoms with Gasteiger partial charge in [-0.3, -0.25) is 4.79 Å². The largest absolute Gasteiger partial charge is 0.409 e. The summed E-state index contributed by atoms with van der Waals surface area (Å²) < 4.78 is 6.30. The molecule has 0 heterocycles. The molecule has 0 radical (unpaired) electrons. The van der Waals surface area contributed by atoms with Crippen LogP contribution >= 0.6 is 0 Å². The Morgan fingerprint density at radius 3 is 2.56 bits per heavy atom. The minimum absolute atomic E-state index is 0.0354. The summed E-state index contributed by atoms with van der Waals surface area (Å²) in [6.45, 7) is 17.7. The predicted molar refractivity (Wildman–Crippen MR) is 134 cm³/mol. The van der Waals surface area contributed by atoms with Gasteiger partial charge >= 0.3 is 0 Å².